The Morgan fingerprint density at radius 1 is 0.567 bits per heavy atom. The zero-order valence-corrected chi connectivity index (χ0v) is 16.6. The standard InChI is InChI=1S/C27H22N3/c1-27(22-16-29-25-12-6-3-9-20(22)25,23-17-30-26-13-7-4-10-21(23)26)14-18-15-28-24-11-5-2-8-19(18)24/h2-13,15-17,28-30H,1,14H2. The molecule has 30 heavy (non-hydrogen) atoms. The summed E-state index contributed by atoms with van der Waals surface area (Å²) in [5, 5.41) is 3.69. The van der Waals surface area contributed by atoms with Crippen LogP contribution in [-0.4, -0.2) is 15.0 Å². The lowest BCUT2D eigenvalue weighted by Crippen LogP contribution is -2.26. The first kappa shape index (κ1) is 17.2. The average Bonchev–Trinajstić information content (AvgIpc) is 3.51. The minimum Gasteiger partial charge on any atom is -0.361 e. The molecule has 0 amide bonds. The van der Waals surface area contributed by atoms with Crippen molar-refractivity contribution in [1.29, 1.82) is 0 Å². The fourth-order valence-corrected chi connectivity index (χ4v) is 4.87. The van der Waals surface area contributed by atoms with Crippen LogP contribution in [0, 0.1) is 6.92 Å². The molecular weight excluding hydrogens is 366 g/mol. The number of para-hydroxylation sites is 3. The molecule has 0 saturated heterocycles. The van der Waals surface area contributed by atoms with Crippen LogP contribution in [-0.2, 0) is 11.8 Å². The number of benzene rings is 3. The largest absolute Gasteiger partial charge is 0.361 e. The highest BCUT2D eigenvalue weighted by molar-refractivity contribution is 5.90. The molecule has 3 N–H and O–H groups in total. The van der Waals surface area contributed by atoms with Crippen LogP contribution in [0.5, 0.6) is 0 Å². The normalized spacial score (nSPS) is 12.3. The zero-order chi connectivity index (χ0) is 20.1. The molecule has 0 spiro atoms. The van der Waals surface area contributed by atoms with E-state index in [1.165, 1.54) is 32.8 Å². The van der Waals surface area contributed by atoms with E-state index in [9.17, 15) is 0 Å². The third-order valence-corrected chi connectivity index (χ3v) is 6.38. The number of aromatic nitrogens is 3. The summed E-state index contributed by atoms with van der Waals surface area (Å²) in [6.45, 7) is 4.88. The van der Waals surface area contributed by atoms with E-state index >= 15 is 0 Å². The Labute approximate surface area is 174 Å². The molecule has 0 atom stereocenters. The van der Waals surface area contributed by atoms with Crippen molar-refractivity contribution >= 4 is 32.7 Å². The fraction of sp³-hybridized carbons (Fsp3) is 0.0741. The van der Waals surface area contributed by atoms with Crippen LogP contribution in [0.4, 0.5) is 0 Å². The minimum absolute atomic E-state index is 0.454. The van der Waals surface area contributed by atoms with E-state index in [0.717, 1.165) is 23.0 Å². The first-order chi connectivity index (χ1) is 14.7. The molecular formula is C27H22N3. The number of rotatable bonds is 4. The van der Waals surface area contributed by atoms with Crippen LogP contribution < -0.4 is 0 Å². The molecule has 0 aliphatic carbocycles. The highest BCUT2D eigenvalue weighted by atomic mass is 14.7. The summed E-state index contributed by atoms with van der Waals surface area (Å²) in [7, 11) is 0. The van der Waals surface area contributed by atoms with Crippen molar-refractivity contribution in [2.75, 3.05) is 0 Å². The summed E-state index contributed by atoms with van der Waals surface area (Å²) in [6.07, 6.45) is 7.19. The molecule has 6 rings (SSSR count). The summed E-state index contributed by atoms with van der Waals surface area (Å²) >= 11 is 0. The van der Waals surface area contributed by atoms with Crippen molar-refractivity contribution < 1.29 is 0 Å². The van der Waals surface area contributed by atoms with E-state index in [-0.39, 0.29) is 0 Å². The van der Waals surface area contributed by atoms with Gasteiger partial charge in [-0.25, -0.2) is 0 Å². The molecule has 0 unspecified atom stereocenters. The third-order valence-electron chi connectivity index (χ3n) is 6.38. The molecule has 0 saturated carbocycles. The van der Waals surface area contributed by atoms with Crippen molar-refractivity contribution in [2.24, 2.45) is 0 Å². The Morgan fingerprint density at radius 3 is 1.57 bits per heavy atom. The summed E-state index contributed by atoms with van der Waals surface area (Å²) in [5.74, 6) is 0. The van der Waals surface area contributed by atoms with Gasteiger partial charge in [0.05, 0.1) is 0 Å². The van der Waals surface area contributed by atoms with Gasteiger partial charge < -0.3 is 15.0 Å². The van der Waals surface area contributed by atoms with Gasteiger partial charge in [0.1, 0.15) is 0 Å². The first-order valence-electron chi connectivity index (χ1n) is 10.3. The topological polar surface area (TPSA) is 47.4 Å². The van der Waals surface area contributed by atoms with Gasteiger partial charge in [-0.15, -0.1) is 0 Å². The van der Waals surface area contributed by atoms with Crippen molar-refractivity contribution in [2.45, 2.75) is 11.8 Å². The van der Waals surface area contributed by atoms with Gasteiger partial charge in [-0.05, 0) is 48.2 Å². The number of nitrogens with one attached hydrogen (secondary N) is 3. The van der Waals surface area contributed by atoms with Gasteiger partial charge in [0.25, 0.3) is 0 Å². The predicted molar refractivity (Wildman–Crippen MR) is 125 cm³/mol. The molecule has 3 aromatic heterocycles. The van der Waals surface area contributed by atoms with Crippen LogP contribution in [0.3, 0.4) is 0 Å². The number of hydrogen-bond donors (Lipinski definition) is 3. The Hall–Kier alpha value is -3.72. The monoisotopic (exact) mass is 388 g/mol. The van der Waals surface area contributed by atoms with Gasteiger partial charge in [-0.3, -0.25) is 0 Å². The number of H-pyrrole nitrogens is 3. The third kappa shape index (κ3) is 2.45. The van der Waals surface area contributed by atoms with E-state index in [2.05, 4.69) is 106 Å². The molecule has 0 aliphatic rings. The molecule has 1 radical (unpaired) electrons. The molecule has 3 heterocycles. The minimum atomic E-state index is -0.454. The lowest BCUT2D eigenvalue weighted by molar-refractivity contribution is 0.647. The van der Waals surface area contributed by atoms with Crippen molar-refractivity contribution in [3.63, 3.8) is 0 Å². The van der Waals surface area contributed by atoms with Gasteiger partial charge in [-0.1, -0.05) is 54.6 Å². The first-order valence-corrected chi connectivity index (χ1v) is 10.3. The zero-order valence-electron chi connectivity index (χ0n) is 16.6. The van der Waals surface area contributed by atoms with Gasteiger partial charge in [0.2, 0.25) is 0 Å². The second kappa shape index (κ2) is 6.39. The SMILES string of the molecule is [CH2]C(Cc1c[nH]c2ccccc12)(c1c[nH]c2ccccc12)c1c[nH]c2ccccc12. The van der Waals surface area contributed by atoms with Gasteiger partial charge in [-0.2, -0.15) is 0 Å². The van der Waals surface area contributed by atoms with Gasteiger partial charge in [0, 0.05) is 56.7 Å². The van der Waals surface area contributed by atoms with E-state index in [0.29, 0.717) is 0 Å². The van der Waals surface area contributed by atoms with Crippen molar-refractivity contribution in [3.8, 4) is 0 Å². The molecule has 145 valence electrons. The Kier molecular flexibility index (Phi) is 3.66. The van der Waals surface area contributed by atoms with Crippen LogP contribution in [0.1, 0.15) is 16.7 Å². The Balaban J connectivity index is 1.62. The Bertz CT molecular complexity index is 1420. The lowest BCUT2D eigenvalue weighted by Gasteiger charge is -2.30. The molecule has 0 fully saturated rings. The summed E-state index contributed by atoms with van der Waals surface area (Å²) < 4.78 is 0. The van der Waals surface area contributed by atoms with Crippen LogP contribution >= 0.6 is 0 Å². The number of fused-ring (bicyclic) bond motifs is 3. The van der Waals surface area contributed by atoms with Gasteiger partial charge >= 0.3 is 0 Å². The second-order valence-corrected chi connectivity index (χ2v) is 8.11. The van der Waals surface area contributed by atoms with Crippen molar-refractivity contribution in [3.05, 3.63) is 115 Å². The van der Waals surface area contributed by atoms with Crippen LogP contribution in [0.2, 0.25) is 0 Å². The lowest BCUT2D eigenvalue weighted by atomic mass is 9.72. The Morgan fingerprint density at radius 2 is 1.00 bits per heavy atom. The molecule has 6 aromatic rings. The second-order valence-electron chi connectivity index (χ2n) is 8.11. The molecule has 3 nitrogen and oxygen atoms in total. The van der Waals surface area contributed by atoms with Crippen LogP contribution in [0.25, 0.3) is 32.7 Å². The molecule has 0 bridgehead atoms. The quantitative estimate of drug-likeness (QED) is 0.309. The van der Waals surface area contributed by atoms with Gasteiger partial charge in [0.15, 0.2) is 0 Å². The maximum atomic E-state index is 4.88. The summed E-state index contributed by atoms with van der Waals surface area (Å²) in [4.78, 5) is 10.4. The highest BCUT2D eigenvalue weighted by Crippen LogP contribution is 2.42. The predicted octanol–water partition coefficient (Wildman–Crippen LogP) is 6.49. The van der Waals surface area contributed by atoms with E-state index in [1.54, 1.807) is 0 Å². The maximum Gasteiger partial charge on any atom is 0.0457 e. The summed E-state index contributed by atoms with van der Waals surface area (Å²) in [6, 6.07) is 25.4. The molecule has 0 aliphatic heterocycles. The van der Waals surface area contributed by atoms with Crippen LogP contribution in [0.15, 0.2) is 91.4 Å². The fourth-order valence-electron chi connectivity index (χ4n) is 4.87. The number of aromatic amines is 3. The van der Waals surface area contributed by atoms with E-state index in [1.807, 2.05) is 0 Å². The summed E-state index contributed by atoms with van der Waals surface area (Å²) in [5.41, 5.74) is 6.69. The van der Waals surface area contributed by atoms with E-state index in [4.69, 9.17) is 6.92 Å². The molecule has 3 heteroatoms. The molecule has 3 aromatic carbocycles. The maximum absolute atomic E-state index is 4.88. The number of hydrogen-bond acceptors (Lipinski definition) is 0. The van der Waals surface area contributed by atoms with Crippen molar-refractivity contribution in [1.82, 2.24) is 15.0 Å². The smallest absolute Gasteiger partial charge is 0.0457 e. The van der Waals surface area contributed by atoms with E-state index < -0.39 is 5.41 Å². The highest BCUT2D eigenvalue weighted by Gasteiger charge is 2.34. The average molecular weight is 388 g/mol.